The van der Waals surface area contributed by atoms with Crippen LogP contribution in [-0.2, 0) is 0 Å². The van der Waals surface area contributed by atoms with Crippen LogP contribution in [0, 0.1) is 0 Å². The molecule has 4 N–H and O–H groups in total. The number of hydrogen-bond acceptors (Lipinski definition) is 3. The lowest BCUT2D eigenvalue weighted by Gasteiger charge is -2.06. The summed E-state index contributed by atoms with van der Waals surface area (Å²) in [5.74, 6) is 0.0391. The van der Waals surface area contributed by atoms with E-state index in [0.29, 0.717) is 26.6 Å². The Labute approximate surface area is 110 Å². The van der Waals surface area contributed by atoms with Crippen molar-refractivity contribution in [2.75, 3.05) is 11.1 Å². The van der Waals surface area contributed by atoms with Crippen molar-refractivity contribution >= 4 is 44.9 Å². The van der Waals surface area contributed by atoms with Crippen LogP contribution in [0.25, 0.3) is 0 Å². The van der Waals surface area contributed by atoms with Gasteiger partial charge in [0.1, 0.15) is 0 Å². The molecular formula is C10H8BrClN4O. The molecule has 0 aliphatic rings. The number of nitrogen functional groups attached to an aromatic ring is 1. The molecule has 0 saturated heterocycles. The maximum absolute atomic E-state index is 11.9. The van der Waals surface area contributed by atoms with E-state index in [9.17, 15) is 4.79 Å². The zero-order chi connectivity index (χ0) is 12.4. The van der Waals surface area contributed by atoms with Gasteiger partial charge in [-0.25, -0.2) is 0 Å². The van der Waals surface area contributed by atoms with Crippen molar-refractivity contribution in [3.63, 3.8) is 0 Å². The summed E-state index contributed by atoms with van der Waals surface area (Å²) in [6.07, 6.45) is 1.42. The van der Waals surface area contributed by atoms with E-state index < -0.39 is 0 Å². The van der Waals surface area contributed by atoms with Crippen LogP contribution in [-0.4, -0.2) is 16.1 Å². The first-order valence-corrected chi connectivity index (χ1v) is 5.80. The molecule has 1 amide bonds. The van der Waals surface area contributed by atoms with Crippen LogP contribution in [0.1, 0.15) is 10.4 Å². The van der Waals surface area contributed by atoms with Crippen LogP contribution >= 0.6 is 27.5 Å². The Kier molecular flexibility index (Phi) is 3.35. The van der Waals surface area contributed by atoms with Gasteiger partial charge < -0.3 is 11.1 Å². The number of hydrogen-bond donors (Lipinski definition) is 3. The van der Waals surface area contributed by atoms with Gasteiger partial charge in [-0.2, -0.15) is 5.10 Å². The fourth-order valence-corrected chi connectivity index (χ4v) is 1.85. The van der Waals surface area contributed by atoms with Gasteiger partial charge in [-0.05, 0) is 34.1 Å². The third kappa shape index (κ3) is 2.59. The molecule has 2 aromatic rings. The minimum Gasteiger partial charge on any atom is -0.394 e. The summed E-state index contributed by atoms with van der Waals surface area (Å²) in [7, 11) is 0. The summed E-state index contributed by atoms with van der Waals surface area (Å²) in [5, 5.41) is 9.38. The number of carbonyl (C=O) groups excluding carboxylic acids is 1. The molecule has 0 radical (unpaired) electrons. The molecule has 0 unspecified atom stereocenters. The normalized spacial score (nSPS) is 10.2. The molecule has 0 aliphatic heterocycles. The number of aromatic nitrogens is 2. The lowest BCUT2D eigenvalue weighted by molar-refractivity contribution is 0.102. The number of H-pyrrole nitrogens is 1. The van der Waals surface area contributed by atoms with Crippen LogP contribution in [0.2, 0.25) is 5.02 Å². The Hall–Kier alpha value is -1.53. The number of rotatable bonds is 2. The standard InChI is InChI=1S/C10H8BrClN4O/c11-7-2-1-5(12)3-6(7)10(17)15-9-8(13)4-14-16-9/h1-4H,13H2,(H2,14,15,16,17). The summed E-state index contributed by atoms with van der Waals surface area (Å²) < 4.78 is 0.650. The number of benzene rings is 1. The average molecular weight is 316 g/mol. The average Bonchev–Trinajstić information content (AvgIpc) is 2.68. The van der Waals surface area contributed by atoms with Gasteiger partial charge in [-0.15, -0.1) is 0 Å². The van der Waals surface area contributed by atoms with Crippen LogP contribution < -0.4 is 11.1 Å². The molecule has 0 bridgehead atoms. The van der Waals surface area contributed by atoms with Gasteiger partial charge in [0.25, 0.3) is 5.91 Å². The van der Waals surface area contributed by atoms with E-state index in [-0.39, 0.29) is 5.91 Å². The van der Waals surface area contributed by atoms with Gasteiger partial charge in [0.15, 0.2) is 5.82 Å². The summed E-state index contributed by atoms with van der Waals surface area (Å²) in [6.45, 7) is 0. The predicted octanol–water partition coefficient (Wildman–Crippen LogP) is 2.66. The SMILES string of the molecule is Nc1cn[nH]c1NC(=O)c1cc(Cl)ccc1Br. The predicted molar refractivity (Wildman–Crippen MR) is 70.1 cm³/mol. The summed E-state index contributed by atoms with van der Waals surface area (Å²) in [5.41, 5.74) is 6.38. The number of nitrogens with one attached hydrogen (secondary N) is 2. The molecule has 1 aromatic carbocycles. The largest absolute Gasteiger partial charge is 0.394 e. The first-order valence-electron chi connectivity index (χ1n) is 4.63. The second-order valence-corrected chi connectivity index (χ2v) is 4.57. The zero-order valence-electron chi connectivity index (χ0n) is 8.50. The molecular weight excluding hydrogens is 307 g/mol. The highest BCUT2D eigenvalue weighted by Crippen LogP contribution is 2.23. The molecule has 0 spiro atoms. The van der Waals surface area contributed by atoms with Crippen LogP contribution in [0.4, 0.5) is 11.5 Å². The first kappa shape index (κ1) is 11.9. The van der Waals surface area contributed by atoms with E-state index in [0.717, 1.165) is 0 Å². The van der Waals surface area contributed by atoms with E-state index >= 15 is 0 Å². The Morgan fingerprint density at radius 1 is 1.53 bits per heavy atom. The molecule has 0 saturated carbocycles. The monoisotopic (exact) mass is 314 g/mol. The lowest BCUT2D eigenvalue weighted by Crippen LogP contribution is -2.13. The zero-order valence-corrected chi connectivity index (χ0v) is 10.8. The second-order valence-electron chi connectivity index (χ2n) is 3.28. The van der Waals surface area contributed by atoms with Crippen molar-refractivity contribution < 1.29 is 4.79 Å². The van der Waals surface area contributed by atoms with Crippen LogP contribution in [0.3, 0.4) is 0 Å². The van der Waals surface area contributed by atoms with Crippen molar-refractivity contribution in [3.05, 3.63) is 39.5 Å². The minimum atomic E-state index is -0.324. The molecule has 7 heteroatoms. The van der Waals surface area contributed by atoms with Gasteiger partial charge in [-0.3, -0.25) is 9.89 Å². The fraction of sp³-hybridized carbons (Fsp3) is 0. The van der Waals surface area contributed by atoms with Crippen molar-refractivity contribution in [3.8, 4) is 0 Å². The third-order valence-electron chi connectivity index (χ3n) is 2.08. The molecule has 1 aromatic heterocycles. The number of carbonyl (C=O) groups is 1. The van der Waals surface area contributed by atoms with E-state index in [1.165, 1.54) is 6.20 Å². The van der Waals surface area contributed by atoms with E-state index in [1.54, 1.807) is 18.2 Å². The number of aromatic amines is 1. The highest BCUT2D eigenvalue weighted by Gasteiger charge is 2.12. The van der Waals surface area contributed by atoms with Gasteiger partial charge in [0, 0.05) is 9.50 Å². The third-order valence-corrected chi connectivity index (χ3v) is 3.01. The van der Waals surface area contributed by atoms with Crippen molar-refractivity contribution in [1.82, 2.24) is 10.2 Å². The van der Waals surface area contributed by atoms with E-state index in [4.69, 9.17) is 17.3 Å². The fourth-order valence-electron chi connectivity index (χ4n) is 1.25. The Bertz CT molecular complexity index is 569. The van der Waals surface area contributed by atoms with Gasteiger partial charge >= 0.3 is 0 Å². The van der Waals surface area contributed by atoms with Crippen molar-refractivity contribution in [2.45, 2.75) is 0 Å². The summed E-state index contributed by atoms with van der Waals surface area (Å²) in [6, 6.07) is 4.95. The molecule has 5 nitrogen and oxygen atoms in total. The summed E-state index contributed by atoms with van der Waals surface area (Å²) in [4.78, 5) is 11.9. The van der Waals surface area contributed by atoms with Gasteiger partial charge in [-0.1, -0.05) is 11.6 Å². The molecule has 0 fully saturated rings. The number of nitrogens with zero attached hydrogens (tertiary/aromatic N) is 1. The maximum atomic E-state index is 11.9. The van der Waals surface area contributed by atoms with Crippen molar-refractivity contribution in [2.24, 2.45) is 0 Å². The van der Waals surface area contributed by atoms with Gasteiger partial charge in [0.2, 0.25) is 0 Å². The topological polar surface area (TPSA) is 83.8 Å². The highest BCUT2D eigenvalue weighted by atomic mass is 79.9. The molecule has 0 aliphatic carbocycles. The smallest absolute Gasteiger partial charge is 0.258 e. The van der Waals surface area contributed by atoms with Gasteiger partial charge in [0.05, 0.1) is 17.4 Å². The Morgan fingerprint density at radius 3 is 2.94 bits per heavy atom. The van der Waals surface area contributed by atoms with Crippen LogP contribution in [0.5, 0.6) is 0 Å². The Morgan fingerprint density at radius 2 is 2.29 bits per heavy atom. The quantitative estimate of drug-likeness (QED) is 0.796. The molecule has 17 heavy (non-hydrogen) atoms. The van der Waals surface area contributed by atoms with Crippen molar-refractivity contribution in [1.29, 1.82) is 0 Å². The lowest BCUT2D eigenvalue weighted by atomic mass is 10.2. The number of amides is 1. The highest BCUT2D eigenvalue weighted by molar-refractivity contribution is 9.10. The molecule has 2 rings (SSSR count). The summed E-state index contributed by atoms with van der Waals surface area (Å²) >= 11 is 9.11. The maximum Gasteiger partial charge on any atom is 0.258 e. The number of halogens is 2. The first-order chi connectivity index (χ1) is 8.08. The second kappa shape index (κ2) is 4.77. The molecule has 0 atom stereocenters. The van der Waals surface area contributed by atoms with Crippen LogP contribution in [0.15, 0.2) is 28.9 Å². The van der Waals surface area contributed by atoms with E-state index in [1.807, 2.05) is 0 Å². The molecule has 1 heterocycles. The van der Waals surface area contributed by atoms with E-state index in [2.05, 4.69) is 31.4 Å². The minimum absolute atomic E-state index is 0.324. The Balaban J connectivity index is 2.26. The number of anilines is 2. The number of nitrogens with two attached hydrogens (primary N) is 1. The molecule has 88 valence electrons.